The maximum atomic E-state index is 12.6. The summed E-state index contributed by atoms with van der Waals surface area (Å²) >= 11 is 3.01. The smallest absolute Gasteiger partial charge is 0.259 e. The van der Waals surface area contributed by atoms with Crippen LogP contribution in [0.3, 0.4) is 0 Å². The minimum atomic E-state index is -0.0134. The van der Waals surface area contributed by atoms with Crippen molar-refractivity contribution >= 4 is 28.1 Å². The molecule has 0 amide bonds. The Morgan fingerprint density at radius 3 is 3.04 bits per heavy atom. The average molecular weight is 400 g/mol. The van der Waals surface area contributed by atoms with Crippen LogP contribution in [0.1, 0.15) is 29.1 Å². The summed E-state index contributed by atoms with van der Waals surface area (Å²) in [6, 6.07) is 5.15. The summed E-state index contributed by atoms with van der Waals surface area (Å²) in [7, 11) is 0. The lowest BCUT2D eigenvalue weighted by atomic mass is 10.0. The van der Waals surface area contributed by atoms with E-state index in [0.717, 1.165) is 29.9 Å². The molecule has 4 aromatic heterocycles. The molecule has 0 fully saturated rings. The van der Waals surface area contributed by atoms with Crippen LogP contribution in [-0.2, 0) is 18.6 Å². The van der Waals surface area contributed by atoms with Gasteiger partial charge in [0.2, 0.25) is 11.0 Å². The van der Waals surface area contributed by atoms with Crippen LogP contribution in [-0.4, -0.2) is 24.3 Å². The molecule has 8 nitrogen and oxygen atoms in total. The molecule has 4 heterocycles. The molecule has 0 atom stereocenters. The van der Waals surface area contributed by atoms with Crippen molar-refractivity contribution in [2.24, 2.45) is 0 Å². The van der Waals surface area contributed by atoms with Crippen LogP contribution in [0.4, 0.5) is 0 Å². The van der Waals surface area contributed by atoms with Crippen molar-refractivity contribution in [3.63, 3.8) is 0 Å². The van der Waals surface area contributed by atoms with Crippen molar-refractivity contribution < 1.29 is 4.42 Å². The molecule has 0 saturated carbocycles. The molecular weight excluding hydrogens is 384 g/mol. The summed E-state index contributed by atoms with van der Waals surface area (Å²) in [5.74, 6) is 7.57. The fraction of sp³-hybridized carbons (Fsp3) is 0.294. The second-order valence-corrected chi connectivity index (χ2v) is 8.33. The van der Waals surface area contributed by atoms with E-state index in [1.807, 2.05) is 0 Å². The number of hydrogen-bond acceptors (Lipinski definition) is 8. The average Bonchev–Trinajstić information content (AvgIpc) is 3.38. The highest BCUT2D eigenvalue weighted by Crippen LogP contribution is 2.29. The number of nitrogens with zero attached hydrogens (tertiary/aromatic N) is 5. The maximum absolute atomic E-state index is 12.6. The fourth-order valence-corrected chi connectivity index (χ4v) is 5.28. The number of hydrogen-bond donors (Lipinski definition) is 1. The van der Waals surface area contributed by atoms with Gasteiger partial charge in [0.25, 0.3) is 5.56 Å². The molecule has 138 valence electrons. The zero-order valence-corrected chi connectivity index (χ0v) is 15.9. The van der Waals surface area contributed by atoms with Gasteiger partial charge in [-0.1, -0.05) is 11.8 Å². The Kier molecular flexibility index (Phi) is 4.01. The molecule has 1 aliphatic carbocycles. The van der Waals surface area contributed by atoms with Gasteiger partial charge in [0.05, 0.1) is 12.0 Å². The monoisotopic (exact) mass is 400 g/mol. The van der Waals surface area contributed by atoms with Crippen LogP contribution < -0.4 is 11.4 Å². The van der Waals surface area contributed by atoms with E-state index in [1.165, 1.54) is 27.7 Å². The Morgan fingerprint density at radius 2 is 2.19 bits per heavy atom. The molecule has 0 bridgehead atoms. The highest BCUT2D eigenvalue weighted by molar-refractivity contribution is 7.98. The van der Waals surface area contributed by atoms with Crippen LogP contribution in [0.5, 0.6) is 0 Å². The van der Waals surface area contributed by atoms with E-state index in [2.05, 4.69) is 15.2 Å². The molecule has 27 heavy (non-hydrogen) atoms. The van der Waals surface area contributed by atoms with Gasteiger partial charge in [-0.3, -0.25) is 9.20 Å². The van der Waals surface area contributed by atoms with Gasteiger partial charge >= 0.3 is 0 Å². The Balaban J connectivity index is 1.42. The zero-order chi connectivity index (χ0) is 18.4. The van der Waals surface area contributed by atoms with Gasteiger partial charge in [-0.05, 0) is 37.8 Å². The molecule has 5 rings (SSSR count). The molecule has 2 N–H and O–H groups in total. The van der Waals surface area contributed by atoms with Crippen molar-refractivity contribution in [1.82, 2.24) is 24.3 Å². The lowest BCUT2D eigenvalue weighted by Gasteiger charge is -2.10. The van der Waals surface area contributed by atoms with Gasteiger partial charge in [-0.25, -0.2) is 9.66 Å². The third-order valence-electron chi connectivity index (χ3n) is 4.57. The Labute approximate surface area is 162 Å². The third-order valence-corrected chi connectivity index (χ3v) is 6.69. The molecule has 0 aromatic carbocycles. The molecular formula is C17H16N6O2S2. The van der Waals surface area contributed by atoms with E-state index in [1.54, 1.807) is 40.2 Å². The first-order valence-corrected chi connectivity index (χ1v) is 10.4. The van der Waals surface area contributed by atoms with Crippen molar-refractivity contribution in [3.05, 3.63) is 51.1 Å². The molecule has 4 aromatic rings. The Bertz CT molecular complexity index is 1170. The summed E-state index contributed by atoms with van der Waals surface area (Å²) in [5.41, 5.74) is 1.84. The number of nitrogens with two attached hydrogens (primary N) is 1. The largest absolute Gasteiger partial charge is 0.461 e. The van der Waals surface area contributed by atoms with Crippen molar-refractivity contribution in [2.45, 2.75) is 36.6 Å². The van der Waals surface area contributed by atoms with Crippen LogP contribution >= 0.6 is 23.1 Å². The molecule has 10 heteroatoms. The van der Waals surface area contributed by atoms with Crippen LogP contribution in [0.15, 0.2) is 38.8 Å². The molecule has 0 spiro atoms. The van der Waals surface area contributed by atoms with E-state index in [9.17, 15) is 4.79 Å². The lowest BCUT2D eigenvalue weighted by molar-refractivity contribution is 0.574. The molecule has 1 aliphatic rings. The molecule has 0 aliphatic heterocycles. The maximum Gasteiger partial charge on any atom is 0.259 e. The number of thioether (sulfide) groups is 1. The number of aromatic nitrogens is 5. The molecule has 0 saturated heterocycles. The number of aryl methyl sites for hydroxylation is 2. The highest BCUT2D eigenvalue weighted by atomic mass is 32.2. The van der Waals surface area contributed by atoms with Gasteiger partial charge in [-0.15, -0.1) is 21.5 Å². The van der Waals surface area contributed by atoms with E-state index in [-0.39, 0.29) is 5.56 Å². The first-order chi connectivity index (χ1) is 13.2. The topological polar surface area (TPSA) is 104 Å². The second-order valence-electron chi connectivity index (χ2n) is 6.32. The zero-order valence-electron chi connectivity index (χ0n) is 14.3. The van der Waals surface area contributed by atoms with Crippen LogP contribution in [0.25, 0.3) is 16.5 Å². The molecule has 0 radical (unpaired) electrons. The van der Waals surface area contributed by atoms with Gasteiger partial charge in [0, 0.05) is 22.4 Å². The highest BCUT2D eigenvalue weighted by Gasteiger charge is 2.19. The quantitative estimate of drug-likeness (QED) is 0.414. The summed E-state index contributed by atoms with van der Waals surface area (Å²) in [6.07, 6.45) is 5.87. The normalized spacial score (nSPS) is 13.9. The standard InChI is InChI=1S/C17H16N6O2S2/c18-23-15(12-5-3-7-25-12)20-21-17(23)26-9-10-8-14(24)22-11-4-1-2-6-13(11)27-16(22)19-10/h3,5,7-8H,1-2,4,6,9,18H2. The number of nitrogen functional groups attached to an aromatic ring is 1. The number of fused-ring (bicyclic) bond motifs is 3. The van der Waals surface area contributed by atoms with Crippen molar-refractivity contribution in [1.29, 1.82) is 0 Å². The summed E-state index contributed by atoms with van der Waals surface area (Å²) in [5, 5.41) is 8.71. The van der Waals surface area contributed by atoms with E-state index in [0.29, 0.717) is 28.2 Å². The van der Waals surface area contributed by atoms with Gasteiger partial charge in [0.15, 0.2) is 10.7 Å². The second kappa shape index (κ2) is 6.54. The number of thiazole rings is 1. The first kappa shape index (κ1) is 16.6. The van der Waals surface area contributed by atoms with E-state index < -0.39 is 0 Å². The van der Waals surface area contributed by atoms with Crippen molar-refractivity contribution in [3.8, 4) is 11.6 Å². The third kappa shape index (κ3) is 2.85. The first-order valence-electron chi connectivity index (χ1n) is 8.61. The van der Waals surface area contributed by atoms with Gasteiger partial charge in [0.1, 0.15) is 0 Å². The molecule has 0 unspecified atom stereocenters. The van der Waals surface area contributed by atoms with Crippen LogP contribution in [0.2, 0.25) is 0 Å². The van der Waals surface area contributed by atoms with E-state index in [4.69, 9.17) is 10.3 Å². The van der Waals surface area contributed by atoms with Gasteiger partial charge < -0.3 is 10.3 Å². The van der Waals surface area contributed by atoms with E-state index >= 15 is 0 Å². The lowest BCUT2D eigenvalue weighted by Crippen LogP contribution is -2.18. The summed E-state index contributed by atoms with van der Waals surface area (Å²) in [4.78, 5) is 19.4. The summed E-state index contributed by atoms with van der Waals surface area (Å²) in [6.45, 7) is 0. The minimum absolute atomic E-state index is 0.0134. The Morgan fingerprint density at radius 1 is 1.30 bits per heavy atom. The van der Waals surface area contributed by atoms with Gasteiger partial charge in [-0.2, -0.15) is 0 Å². The Hall–Kier alpha value is -2.59. The number of rotatable bonds is 4. The predicted molar refractivity (Wildman–Crippen MR) is 103 cm³/mol. The fourth-order valence-electron chi connectivity index (χ4n) is 3.30. The summed E-state index contributed by atoms with van der Waals surface area (Å²) < 4.78 is 8.47. The minimum Gasteiger partial charge on any atom is -0.461 e. The SMILES string of the molecule is Nn1c(SCc2cc(=O)n3c4c(sc3n2)CCCC4)nnc1-c1ccco1. The van der Waals surface area contributed by atoms with Crippen molar-refractivity contribution in [2.75, 3.05) is 5.84 Å². The number of furan rings is 1. The predicted octanol–water partition coefficient (Wildman–Crippen LogP) is 2.49. The van der Waals surface area contributed by atoms with Crippen LogP contribution in [0, 0.1) is 0 Å².